The third-order valence-electron chi connectivity index (χ3n) is 1.97. The number of nitrogens with zero attached hydrogens (tertiary/aromatic N) is 2. The van der Waals surface area contributed by atoms with Crippen molar-refractivity contribution in [2.45, 2.75) is 10.9 Å². The van der Waals surface area contributed by atoms with Crippen LogP contribution in [0.4, 0.5) is 5.69 Å². The normalized spacial score (nSPS) is 10.3. The summed E-state index contributed by atoms with van der Waals surface area (Å²) < 4.78 is 0.928. The highest BCUT2D eigenvalue weighted by atomic mass is 79.9. The largest absolute Gasteiger partial charge is 0.398 e. The fourth-order valence-corrected chi connectivity index (χ4v) is 2.18. The van der Waals surface area contributed by atoms with Gasteiger partial charge in [-0.15, -0.1) is 0 Å². The third-order valence-corrected chi connectivity index (χ3v) is 3.64. The van der Waals surface area contributed by atoms with Crippen LogP contribution in [-0.2, 0) is 5.75 Å². The van der Waals surface area contributed by atoms with E-state index in [9.17, 15) is 0 Å². The highest BCUT2D eigenvalue weighted by molar-refractivity contribution is 9.10. The summed E-state index contributed by atoms with van der Waals surface area (Å²) in [5, 5.41) is 0.781. The molecule has 0 aliphatic carbocycles. The Morgan fingerprint density at radius 2 is 2.00 bits per heavy atom. The van der Waals surface area contributed by atoms with Crippen molar-refractivity contribution in [2.24, 2.45) is 0 Å². The molecule has 2 aromatic rings. The molecule has 0 amide bonds. The molecule has 0 atom stereocenters. The summed E-state index contributed by atoms with van der Waals surface area (Å²) >= 11 is 4.96. The van der Waals surface area contributed by atoms with Crippen LogP contribution in [0.3, 0.4) is 0 Å². The van der Waals surface area contributed by atoms with E-state index in [0.717, 1.165) is 26.6 Å². The Morgan fingerprint density at radius 1 is 1.25 bits per heavy atom. The van der Waals surface area contributed by atoms with Gasteiger partial charge in [-0.05, 0) is 39.7 Å². The zero-order valence-corrected chi connectivity index (χ0v) is 10.8. The van der Waals surface area contributed by atoms with E-state index in [1.54, 1.807) is 24.2 Å². The number of aromatic nitrogens is 2. The summed E-state index contributed by atoms with van der Waals surface area (Å²) in [4.78, 5) is 8.29. The van der Waals surface area contributed by atoms with Crippen molar-refractivity contribution in [3.05, 3.63) is 46.7 Å². The molecule has 0 saturated heterocycles. The monoisotopic (exact) mass is 295 g/mol. The van der Waals surface area contributed by atoms with Gasteiger partial charge in [-0.3, -0.25) is 0 Å². The Hall–Kier alpha value is -1.07. The zero-order valence-electron chi connectivity index (χ0n) is 8.43. The Balaban J connectivity index is 2.03. The maximum Gasteiger partial charge on any atom is 0.187 e. The maximum atomic E-state index is 5.80. The number of nitrogens with two attached hydrogens (primary N) is 1. The van der Waals surface area contributed by atoms with Crippen LogP contribution in [0, 0.1) is 0 Å². The lowest BCUT2D eigenvalue weighted by Gasteiger charge is -2.03. The van der Waals surface area contributed by atoms with E-state index in [-0.39, 0.29) is 0 Å². The van der Waals surface area contributed by atoms with E-state index in [1.807, 2.05) is 24.3 Å². The second kappa shape index (κ2) is 5.32. The Bertz CT molecular complexity index is 476. The Morgan fingerprint density at radius 3 is 2.69 bits per heavy atom. The number of thioether (sulfide) groups is 1. The molecule has 5 heteroatoms. The van der Waals surface area contributed by atoms with Crippen molar-refractivity contribution >= 4 is 33.4 Å². The molecular formula is C11H10BrN3S. The van der Waals surface area contributed by atoms with Crippen molar-refractivity contribution in [3.8, 4) is 0 Å². The van der Waals surface area contributed by atoms with Crippen LogP contribution in [0.2, 0.25) is 0 Å². The first-order valence-electron chi connectivity index (χ1n) is 4.69. The minimum atomic E-state index is 0.757. The number of rotatable bonds is 3. The Labute approximate surface area is 107 Å². The molecule has 0 fully saturated rings. The smallest absolute Gasteiger partial charge is 0.187 e. The number of nitrogen functional groups attached to an aromatic ring is 1. The standard InChI is InChI=1S/C11H10BrN3S/c12-9-3-2-8(6-10(9)13)7-16-11-14-4-1-5-15-11/h1-6H,7,13H2. The van der Waals surface area contributed by atoms with Crippen LogP contribution < -0.4 is 5.73 Å². The van der Waals surface area contributed by atoms with E-state index < -0.39 is 0 Å². The molecule has 0 saturated carbocycles. The van der Waals surface area contributed by atoms with Crippen molar-refractivity contribution in [3.63, 3.8) is 0 Å². The molecule has 1 aromatic carbocycles. The summed E-state index contributed by atoms with van der Waals surface area (Å²) in [6, 6.07) is 7.76. The highest BCUT2D eigenvalue weighted by Gasteiger charge is 2.00. The minimum Gasteiger partial charge on any atom is -0.398 e. The lowest BCUT2D eigenvalue weighted by Crippen LogP contribution is -1.90. The first-order valence-corrected chi connectivity index (χ1v) is 6.47. The van der Waals surface area contributed by atoms with Gasteiger partial charge in [0.2, 0.25) is 0 Å². The summed E-state index contributed by atoms with van der Waals surface area (Å²) in [5.74, 6) is 0.821. The summed E-state index contributed by atoms with van der Waals surface area (Å²) in [5.41, 5.74) is 7.72. The van der Waals surface area contributed by atoms with Crippen LogP contribution in [0.5, 0.6) is 0 Å². The first-order chi connectivity index (χ1) is 7.75. The fourth-order valence-electron chi connectivity index (χ4n) is 1.19. The van der Waals surface area contributed by atoms with Crippen molar-refractivity contribution < 1.29 is 0 Å². The van der Waals surface area contributed by atoms with Gasteiger partial charge >= 0.3 is 0 Å². The predicted octanol–water partition coefficient (Wildman–Crippen LogP) is 3.11. The van der Waals surface area contributed by atoms with E-state index in [4.69, 9.17) is 5.73 Å². The van der Waals surface area contributed by atoms with Gasteiger partial charge in [0.15, 0.2) is 5.16 Å². The van der Waals surface area contributed by atoms with Crippen molar-refractivity contribution in [1.29, 1.82) is 0 Å². The van der Waals surface area contributed by atoms with Crippen molar-refractivity contribution in [1.82, 2.24) is 9.97 Å². The fraction of sp³-hybridized carbons (Fsp3) is 0.0909. The Kier molecular flexibility index (Phi) is 3.79. The number of halogens is 1. The summed E-state index contributed by atoms with van der Waals surface area (Å²) in [6.07, 6.45) is 3.48. The minimum absolute atomic E-state index is 0.757. The molecule has 0 radical (unpaired) electrons. The summed E-state index contributed by atoms with van der Waals surface area (Å²) in [6.45, 7) is 0. The zero-order chi connectivity index (χ0) is 11.4. The molecular weight excluding hydrogens is 286 g/mol. The van der Waals surface area contributed by atoms with Gasteiger partial charge in [0.1, 0.15) is 0 Å². The molecule has 0 unspecified atom stereocenters. The second-order valence-electron chi connectivity index (χ2n) is 3.18. The number of benzene rings is 1. The average molecular weight is 296 g/mol. The van der Waals surface area contributed by atoms with Gasteiger partial charge in [-0.1, -0.05) is 17.8 Å². The van der Waals surface area contributed by atoms with Crippen molar-refractivity contribution in [2.75, 3.05) is 5.73 Å². The van der Waals surface area contributed by atoms with Crippen LogP contribution in [0.1, 0.15) is 5.56 Å². The van der Waals surface area contributed by atoms with Gasteiger partial charge in [-0.25, -0.2) is 9.97 Å². The molecule has 3 nitrogen and oxygen atoms in total. The topological polar surface area (TPSA) is 51.8 Å². The molecule has 0 bridgehead atoms. The van der Waals surface area contributed by atoms with Gasteiger partial charge < -0.3 is 5.73 Å². The van der Waals surface area contributed by atoms with E-state index in [2.05, 4.69) is 25.9 Å². The molecule has 0 spiro atoms. The van der Waals surface area contributed by atoms with E-state index in [1.165, 1.54) is 0 Å². The van der Waals surface area contributed by atoms with Gasteiger partial charge in [-0.2, -0.15) is 0 Å². The third kappa shape index (κ3) is 2.96. The molecule has 2 N–H and O–H groups in total. The molecule has 2 rings (SSSR count). The predicted molar refractivity (Wildman–Crippen MR) is 70.1 cm³/mol. The average Bonchev–Trinajstić information content (AvgIpc) is 2.32. The number of hydrogen-bond donors (Lipinski definition) is 1. The van der Waals surface area contributed by atoms with Gasteiger partial charge in [0, 0.05) is 28.3 Å². The van der Waals surface area contributed by atoms with Gasteiger partial charge in [0.25, 0.3) is 0 Å². The summed E-state index contributed by atoms with van der Waals surface area (Å²) in [7, 11) is 0. The first kappa shape index (κ1) is 11.4. The van der Waals surface area contributed by atoms with Crippen LogP contribution in [0.15, 0.2) is 46.3 Å². The maximum absolute atomic E-state index is 5.80. The molecule has 0 aliphatic rings. The van der Waals surface area contributed by atoms with Crippen LogP contribution in [-0.4, -0.2) is 9.97 Å². The van der Waals surface area contributed by atoms with E-state index >= 15 is 0 Å². The molecule has 82 valence electrons. The van der Waals surface area contributed by atoms with Crippen LogP contribution >= 0.6 is 27.7 Å². The quantitative estimate of drug-likeness (QED) is 0.537. The number of anilines is 1. The lowest BCUT2D eigenvalue weighted by molar-refractivity contribution is 0.966. The van der Waals surface area contributed by atoms with Gasteiger partial charge in [0.05, 0.1) is 0 Å². The molecule has 1 aromatic heterocycles. The molecule has 16 heavy (non-hydrogen) atoms. The molecule has 0 aliphatic heterocycles. The SMILES string of the molecule is Nc1cc(CSc2ncccn2)ccc1Br. The van der Waals surface area contributed by atoms with E-state index in [0.29, 0.717) is 0 Å². The molecule has 1 heterocycles. The highest BCUT2D eigenvalue weighted by Crippen LogP contribution is 2.24. The second-order valence-corrected chi connectivity index (χ2v) is 4.97. The number of hydrogen-bond acceptors (Lipinski definition) is 4. The van der Waals surface area contributed by atoms with Crippen LogP contribution in [0.25, 0.3) is 0 Å². The lowest BCUT2D eigenvalue weighted by atomic mass is 10.2.